The van der Waals surface area contributed by atoms with Crippen LogP contribution in [0.5, 0.6) is 0 Å². The second-order valence-electron chi connectivity index (χ2n) is 3.01. The van der Waals surface area contributed by atoms with Crippen molar-refractivity contribution in [2.45, 2.75) is 46.1 Å². The van der Waals surface area contributed by atoms with E-state index in [1.165, 1.54) is 25.8 Å². The highest BCUT2D eigenvalue weighted by Crippen LogP contribution is 2.15. The van der Waals surface area contributed by atoms with E-state index in [0.717, 1.165) is 6.54 Å². The molecule has 0 aromatic rings. The first-order chi connectivity index (χ1) is 5.88. The van der Waals surface area contributed by atoms with Crippen molar-refractivity contribution in [2.75, 3.05) is 19.7 Å². The molecule has 1 N–H and O–H groups in total. The van der Waals surface area contributed by atoms with Crippen LogP contribution in [0.25, 0.3) is 0 Å². The summed E-state index contributed by atoms with van der Waals surface area (Å²) in [7, 11) is 0. The standard InChI is InChI=1S/C8H17NO.C2H6/c1-2-5-9-6-3-4-8(9)7-10;1-2/h8,10H,2-7H2,1H3;1-2H3/t8-;/m0./s1. The summed E-state index contributed by atoms with van der Waals surface area (Å²) in [6, 6.07) is 0.472. The average molecular weight is 173 g/mol. The van der Waals surface area contributed by atoms with Gasteiger partial charge in [-0.2, -0.15) is 0 Å². The van der Waals surface area contributed by atoms with Crippen molar-refractivity contribution in [2.24, 2.45) is 0 Å². The number of aliphatic hydroxyl groups is 1. The van der Waals surface area contributed by atoms with Gasteiger partial charge in [0.2, 0.25) is 0 Å². The van der Waals surface area contributed by atoms with Gasteiger partial charge in [0.05, 0.1) is 6.61 Å². The Morgan fingerprint density at radius 2 is 2.08 bits per heavy atom. The predicted octanol–water partition coefficient (Wildman–Crippen LogP) is 1.88. The van der Waals surface area contributed by atoms with Crippen LogP contribution in [0.15, 0.2) is 0 Å². The SMILES string of the molecule is CC.CCCN1CCC[C@H]1CO. The molecule has 0 radical (unpaired) electrons. The van der Waals surface area contributed by atoms with Gasteiger partial charge in [-0.25, -0.2) is 0 Å². The van der Waals surface area contributed by atoms with Crippen molar-refractivity contribution in [3.8, 4) is 0 Å². The Bertz CT molecular complexity index is 95.8. The van der Waals surface area contributed by atoms with Crippen molar-refractivity contribution < 1.29 is 5.11 Å². The van der Waals surface area contributed by atoms with Gasteiger partial charge in [0, 0.05) is 6.04 Å². The molecule has 0 bridgehead atoms. The lowest BCUT2D eigenvalue weighted by molar-refractivity contribution is 0.159. The zero-order valence-corrected chi connectivity index (χ0v) is 8.71. The summed E-state index contributed by atoms with van der Waals surface area (Å²) in [6.45, 7) is 8.89. The number of hydrogen-bond acceptors (Lipinski definition) is 2. The molecule has 0 aliphatic carbocycles. The molecule has 0 saturated carbocycles. The van der Waals surface area contributed by atoms with E-state index < -0.39 is 0 Å². The molecule has 1 atom stereocenters. The Labute approximate surface area is 76.6 Å². The number of hydrogen-bond donors (Lipinski definition) is 1. The largest absolute Gasteiger partial charge is 0.395 e. The molecular formula is C10H23NO. The topological polar surface area (TPSA) is 23.5 Å². The quantitative estimate of drug-likeness (QED) is 0.704. The van der Waals surface area contributed by atoms with Gasteiger partial charge in [-0.3, -0.25) is 4.90 Å². The van der Waals surface area contributed by atoms with Gasteiger partial charge in [0.25, 0.3) is 0 Å². The third-order valence-electron chi connectivity index (χ3n) is 2.22. The van der Waals surface area contributed by atoms with Crippen LogP contribution in [0, 0.1) is 0 Å². The summed E-state index contributed by atoms with van der Waals surface area (Å²) >= 11 is 0. The summed E-state index contributed by atoms with van der Waals surface area (Å²) in [4.78, 5) is 2.39. The van der Waals surface area contributed by atoms with Crippen molar-refractivity contribution in [1.29, 1.82) is 0 Å². The Morgan fingerprint density at radius 1 is 1.42 bits per heavy atom. The predicted molar refractivity (Wildman–Crippen MR) is 53.3 cm³/mol. The fourth-order valence-corrected chi connectivity index (χ4v) is 1.68. The van der Waals surface area contributed by atoms with Gasteiger partial charge in [0.15, 0.2) is 0 Å². The van der Waals surface area contributed by atoms with Crippen molar-refractivity contribution in [3.05, 3.63) is 0 Å². The summed E-state index contributed by atoms with van der Waals surface area (Å²) in [5, 5.41) is 8.92. The first-order valence-electron chi connectivity index (χ1n) is 5.23. The first-order valence-corrected chi connectivity index (χ1v) is 5.23. The van der Waals surface area contributed by atoms with Gasteiger partial charge in [-0.1, -0.05) is 20.8 Å². The summed E-state index contributed by atoms with van der Waals surface area (Å²) in [5.74, 6) is 0. The molecule has 0 aromatic heterocycles. The van der Waals surface area contributed by atoms with Gasteiger partial charge in [0.1, 0.15) is 0 Å². The zero-order valence-electron chi connectivity index (χ0n) is 8.71. The molecule has 0 aromatic carbocycles. The second-order valence-corrected chi connectivity index (χ2v) is 3.01. The van der Waals surface area contributed by atoms with Gasteiger partial charge in [-0.05, 0) is 32.4 Å². The van der Waals surface area contributed by atoms with Crippen LogP contribution in [0.2, 0.25) is 0 Å². The van der Waals surface area contributed by atoms with E-state index >= 15 is 0 Å². The molecule has 0 unspecified atom stereocenters. The Morgan fingerprint density at radius 3 is 2.58 bits per heavy atom. The summed E-state index contributed by atoms with van der Waals surface area (Å²) in [5.41, 5.74) is 0. The molecule has 1 saturated heterocycles. The monoisotopic (exact) mass is 173 g/mol. The normalized spacial score (nSPS) is 23.5. The molecule has 1 fully saturated rings. The lowest BCUT2D eigenvalue weighted by Gasteiger charge is -2.21. The average Bonchev–Trinajstić information content (AvgIpc) is 2.56. The second kappa shape index (κ2) is 7.56. The molecule has 74 valence electrons. The van der Waals surface area contributed by atoms with Crippen molar-refractivity contribution in [1.82, 2.24) is 4.90 Å². The number of aliphatic hydroxyl groups excluding tert-OH is 1. The molecule has 0 spiro atoms. The summed E-state index contributed by atoms with van der Waals surface area (Å²) < 4.78 is 0. The smallest absolute Gasteiger partial charge is 0.0586 e. The molecule has 1 aliphatic heterocycles. The Hall–Kier alpha value is -0.0800. The van der Waals surface area contributed by atoms with Crippen LogP contribution < -0.4 is 0 Å². The Balaban J connectivity index is 0.000000561. The minimum atomic E-state index is 0.347. The maximum atomic E-state index is 8.92. The maximum absolute atomic E-state index is 8.92. The molecule has 1 aliphatic rings. The minimum Gasteiger partial charge on any atom is -0.395 e. The lowest BCUT2D eigenvalue weighted by atomic mass is 10.2. The van der Waals surface area contributed by atoms with E-state index in [1.807, 2.05) is 13.8 Å². The number of nitrogens with zero attached hydrogens (tertiary/aromatic N) is 1. The highest BCUT2D eigenvalue weighted by Gasteiger charge is 2.21. The van der Waals surface area contributed by atoms with Gasteiger partial charge in [-0.15, -0.1) is 0 Å². The molecule has 1 rings (SSSR count). The van der Waals surface area contributed by atoms with Crippen molar-refractivity contribution in [3.63, 3.8) is 0 Å². The first kappa shape index (κ1) is 11.9. The van der Waals surface area contributed by atoms with Crippen LogP contribution >= 0.6 is 0 Å². The fraction of sp³-hybridized carbons (Fsp3) is 1.00. The van der Waals surface area contributed by atoms with Crippen LogP contribution in [0.4, 0.5) is 0 Å². The van der Waals surface area contributed by atoms with Crippen LogP contribution in [-0.2, 0) is 0 Å². The van der Waals surface area contributed by atoms with Gasteiger partial charge >= 0.3 is 0 Å². The lowest BCUT2D eigenvalue weighted by Crippen LogP contribution is -2.32. The summed E-state index contributed by atoms with van der Waals surface area (Å²) in [6.07, 6.45) is 3.66. The molecule has 2 heteroatoms. The fourth-order valence-electron chi connectivity index (χ4n) is 1.68. The molecule has 12 heavy (non-hydrogen) atoms. The van der Waals surface area contributed by atoms with Crippen LogP contribution in [0.1, 0.15) is 40.0 Å². The van der Waals surface area contributed by atoms with E-state index in [0.29, 0.717) is 12.6 Å². The highest BCUT2D eigenvalue weighted by atomic mass is 16.3. The van der Waals surface area contributed by atoms with E-state index in [4.69, 9.17) is 5.11 Å². The number of rotatable bonds is 3. The van der Waals surface area contributed by atoms with E-state index in [2.05, 4.69) is 11.8 Å². The van der Waals surface area contributed by atoms with Gasteiger partial charge < -0.3 is 5.11 Å². The van der Waals surface area contributed by atoms with E-state index in [9.17, 15) is 0 Å². The Kier molecular flexibility index (Phi) is 7.51. The van der Waals surface area contributed by atoms with Crippen LogP contribution in [0.3, 0.4) is 0 Å². The maximum Gasteiger partial charge on any atom is 0.0586 e. The zero-order chi connectivity index (χ0) is 9.40. The van der Waals surface area contributed by atoms with Crippen LogP contribution in [-0.4, -0.2) is 35.7 Å². The third kappa shape index (κ3) is 3.55. The van der Waals surface area contributed by atoms with Crippen molar-refractivity contribution >= 4 is 0 Å². The van der Waals surface area contributed by atoms with E-state index in [-0.39, 0.29) is 0 Å². The third-order valence-corrected chi connectivity index (χ3v) is 2.22. The molecule has 1 heterocycles. The van der Waals surface area contributed by atoms with E-state index in [1.54, 1.807) is 0 Å². The molecule has 2 nitrogen and oxygen atoms in total. The molecule has 0 amide bonds. The minimum absolute atomic E-state index is 0.347. The highest BCUT2D eigenvalue weighted by molar-refractivity contribution is 4.77. The number of likely N-dealkylation sites (tertiary alicyclic amines) is 1. The molecular weight excluding hydrogens is 150 g/mol.